The van der Waals surface area contributed by atoms with E-state index in [-0.39, 0.29) is 5.91 Å². The Morgan fingerprint density at radius 2 is 2.10 bits per heavy atom. The molecule has 1 heterocycles. The van der Waals surface area contributed by atoms with Gasteiger partial charge in [0.05, 0.1) is 11.3 Å². The van der Waals surface area contributed by atoms with Crippen molar-refractivity contribution in [3.05, 3.63) is 23.5 Å². The second-order valence-electron chi connectivity index (χ2n) is 4.81. The minimum Gasteiger partial charge on any atom is -0.387 e. The molecular weight excluding hydrogens is 252 g/mol. The van der Waals surface area contributed by atoms with Gasteiger partial charge in [-0.15, -0.1) is 0 Å². The first kappa shape index (κ1) is 16.4. The Morgan fingerprint density at radius 3 is 2.70 bits per heavy atom. The molecule has 1 amide bonds. The summed E-state index contributed by atoms with van der Waals surface area (Å²) in [7, 11) is 1.81. The van der Waals surface area contributed by atoms with Crippen molar-refractivity contribution in [3.8, 4) is 0 Å². The molecule has 0 atom stereocenters. The van der Waals surface area contributed by atoms with Crippen LogP contribution in [-0.2, 0) is 0 Å². The zero-order valence-electron chi connectivity index (χ0n) is 13.0. The smallest absolute Gasteiger partial charge is 0.254 e. The summed E-state index contributed by atoms with van der Waals surface area (Å²) < 4.78 is 0. The van der Waals surface area contributed by atoms with Crippen LogP contribution in [0.4, 0.5) is 5.69 Å². The molecule has 1 aromatic rings. The Morgan fingerprint density at radius 1 is 1.35 bits per heavy atom. The van der Waals surface area contributed by atoms with Gasteiger partial charge in [0.15, 0.2) is 0 Å². The largest absolute Gasteiger partial charge is 0.387 e. The highest BCUT2D eigenvalue weighted by molar-refractivity contribution is 5.99. The Balaban J connectivity index is 2.54. The molecule has 0 aliphatic carbocycles. The zero-order chi connectivity index (χ0) is 15.0. The standard InChI is InChI=1S/C15H26N4O/c1-5-8-19(6-2)9-7-17-15(20)13-11-18-12(3)10-14(13)16-4/h10-11H,5-9H2,1-4H3,(H,16,18)(H,17,20). The number of carbonyl (C=O) groups excluding carboxylic acids is 1. The molecule has 0 aliphatic heterocycles. The first-order valence-corrected chi connectivity index (χ1v) is 7.27. The van der Waals surface area contributed by atoms with Crippen LogP contribution < -0.4 is 10.6 Å². The summed E-state index contributed by atoms with van der Waals surface area (Å²) in [6.07, 6.45) is 2.76. The second-order valence-corrected chi connectivity index (χ2v) is 4.81. The molecular formula is C15H26N4O. The van der Waals surface area contributed by atoms with Gasteiger partial charge in [0.1, 0.15) is 0 Å². The summed E-state index contributed by atoms with van der Waals surface area (Å²) in [5.41, 5.74) is 2.30. The van der Waals surface area contributed by atoms with E-state index >= 15 is 0 Å². The average Bonchev–Trinajstić information content (AvgIpc) is 2.45. The van der Waals surface area contributed by atoms with Crippen LogP contribution in [0.25, 0.3) is 0 Å². The summed E-state index contributed by atoms with van der Waals surface area (Å²) in [6.45, 7) is 9.83. The van der Waals surface area contributed by atoms with Gasteiger partial charge in [0.2, 0.25) is 0 Å². The van der Waals surface area contributed by atoms with E-state index in [1.165, 1.54) is 0 Å². The molecule has 1 aromatic heterocycles. The number of aryl methyl sites for hydroxylation is 1. The maximum atomic E-state index is 12.2. The predicted octanol–water partition coefficient (Wildman–Crippen LogP) is 1.89. The molecule has 0 bridgehead atoms. The highest BCUT2D eigenvalue weighted by atomic mass is 16.1. The van der Waals surface area contributed by atoms with E-state index < -0.39 is 0 Å². The maximum absolute atomic E-state index is 12.2. The first-order valence-electron chi connectivity index (χ1n) is 7.27. The van der Waals surface area contributed by atoms with Crippen LogP contribution in [0, 0.1) is 6.92 Å². The molecule has 0 fully saturated rings. The van der Waals surface area contributed by atoms with E-state index in [4.69, 9.17) is 0 Å². The zero-order valence-corrected chi connectivity index (χ0v) is 13.0. The van der Waals surface area contributed by atoms with Crippen LogP contribution in [0.1, 0.15) is 36.3 Å². The van der Waals surface area contributed by atoms with Crippen LogP contribution >= 0.6 is 0 Å². The van der Waals surface area contributed by atoms with Gasteiger partial charge in [0, 0.05) is 32.0 Å². The van der Waals surface area contributed by atoms with Crippen LogP contribution in [0.15, 0.2) is 12.3 Å². The number of nitrogens with zero attached hydrogens (tertiary/aromatic N) is 2. The summed E-state index contributed by atoms with van der Waals surface area (Å²) in [5.74, 6) is -0.0746. The lowest BCUT2D eigenvalue weighted by molar-refractivity contribution is 0.0949. The van der Waals surface area contributed by atoms with E-state index in [0.29, 0.717) is 12.1 Å². The topological polar surface area (TPSA) is 57.3 Å². The fourth-order valence-corrected chi connectivity index (χ4v) is 2.11. The van der Waals surface area contributed by atoms with Gasteiger partial charge in [-0.05, 0) is 32.5 Å². The molecule has 0 aromatic carbocycles. The average molecular weight is 278 g/mol. The van der Waals surface area contributed by atoms with Gasteiger partial charge in [-0.2, -0.15) is 0 Å². The van der Waals surface area contributed by atoms with Gasteiger partial charge >= 0.3 is 0 Å². The van der Waals surface area contributed by atoms with Crippen molar-refractivity contribution in [2.75, 3.05) is 38.5 Å². The quantitative estimate of drug-likeness (QED) is 0.762. The number of anilines is 1. The fourth-order valence-electron chi connectivity index (χ4n) is 2.11. The number of nitrogens with one attached hydrogen (secondary N) is 2. The highest BCUT2D eigenvalue weighted by Gasteiger charge is 2.11. The van der Waals surface area contributed by atoms with Crippen molar-refractivity contribution in [1.82, 2.24) is 15.2 Å². The van der Waals surface area contributed by atoms with E-state index in [2.05, 4.69) is 34.4 Å². The van der Waals surface area contributed by atoms with Crippen molar-refractivity contribution < 1.29 is 4.79 Å². The number of rotatable bonds is 8. The number of carbonyl (C=O) groups is 1. The lowest BCUT2D eigenvalue weighted by Gasteiger charge is -2.19. The summed E-state index contributed by atoms with van der Waals surface area (Å²) in [6, 6.07) is 1.88. The van der Waals surface area contributed by atoms with Gasteiger partial charge < -0.3 is 15.5 Å². The lowest BCUT2D eigenvalue weighted by atomic mass is 10.2. The summed E-state index contributed by atoms with van der Waals surface area (Å²) >= 11 is 0. The lowest BCUT2D eigenvalue weighted by Crippen LogP contribution is -2.35. The number of amides is 1. The number of hydrogen-bond donors (Lipinski definition) is 2. The van der Waals surface area contributed by atoms with Crippen molar-refractivity contribution in [2.24, 2.45) is 0 Å². The van der Waals surface area contributed by atoms with E-state index in [1.54, 1.807) is 6.20 Å². The van der Waals surface area contributed by atoms with Crippen molar-refractivity contribution in [2.45, 2.75) is 27.2 Å². The SMILES string of the molecule is CCCN(CC)CCNC(=O)c1cnc(C)cc1NC. The van der Waals surface area contributed by atoms with E-state index in [9.17, 15) is 4.79 Å². The number of pyridine rings is 1. The maximum Gasteiger partial charge on any atom is 0.254 e. The Hall–Kier alpha value is -1.62. The van der Waals surface area contributed by atoms with E-state index in [1.807, 2.05) is 20.0 Å². The van der Waals surface area contributed by atoms with Crippen molar-refractivity contribution >= 4 is 11.6 Å². The molecule has 0 saturated heterocycles. The van der Waals surface area contributed by atoms with Gasteiger partial charge in [-0.25, -0.2) is 0 Å². The molecule has 0 aliphatic rings. The molecule has 20 heavy (non-hydrogen) atoms. The van der Waals surface area contributed by atoms with Gasteiger partial charge in [-0.1, -0.05) is 13.8 Å². The highest BCUT2D eigenvalue weighted by Crippen LogP contribution is 2.14. The molecule has 0 unspecified atom stereocenters. The van der Waals surface area contributed by atoms with Gasteiger partial charge in [0.25, 0.3) is 5.91 Å². The molecule has 5 nitrogen and oxygen atoms in total. The summed E-state index contributed by atoms with van der Waals surface area (Å²) in [5, 5.41) is 5.99. The third-order valence-electron chi connectivity index (χ3n) is 3.26. The van der Waals surface area contributed by atoms with Crippen LogP contribution in [0.3, 0.4) is 0 Å². The van der Waals surface area contributed by atoms with Crippen LogP contribution in [0.5, 0.6) is 0 Å². The molecule has 0 spiro atoms. The van der Waals surface area contributed by atoms with Gasteiger partial charge in [-0.3, -0.25) is 9.78 Å². The Kier molecular flexibility index (Phi) is 7.01. The number of likely N-dealkylation sites (N-methyl/N-ethyl adjacent to an activating group) is 1. The Labute approximate surface area is 121 Å². The number of hydrogen-bond acceptors (Lipinski definition) is 4. The monoisotopic (exact) mass is 278 g/mol. The van der Waals surface area contributed by atoms with E-state index in [0.717, 1.165) is 37.4 Å². The second kappa shape index (κ2) is 8.53. The molecule has 2 N–H and O–H groups in total. The van der Waals surface area contributed by atoms with Crippen molar-refractivity contribution in [3.63, 3.8) is 0 Å². The minimum absolute atomic E-state index is 0.0746. The third kappa shape index (κ3) is 4.81. The minimum atomic E-state index is -0.0746. The fraction of sp³-hybridized carbons (Fsp3) is 0.600. The normalized spacial score (nSPS) is 10.7. The predicted molar refractivity (Wildman–Crippen MR) is 83.3 cm³/mol. The number of aromatic nitrogens is 1. The molecule has 112 valence electrons. The summed E-state index contributed by atoms with van der Waals surface area (Å²) in [4.78, 5) is 18.7. The first-order chi connectivity index (χ1) is 9.62. The molecule has 1 rings (SSSR count). The van der Waals surface area contributed by atoms with Crippen LogP contribution in [0.2, 0.25) is 0 Å². The molecule has 5 heteroatoms. The molecule has 0 saturated carbocycles. The Bertz CT molecular complexity index is 434. The van der Waals surface area contributed by atoms with Crippen LogP contribution in [-0.4, -0.2) is 49.0 Å². The van der Waals surface area contributed by atoms with Crippen molar-refractivity contribution in [1.29, 1.82) is 0 Å². The third-order valence-corrected chi connectivity index (χ3v) is 3.26. The molecule has 0 radical (unpaired) electrons.